The van der Waals surface area contributed by atoms with E-state index in [1.165, 1.54) is 0 Å². The number of carbonyl (C=O) groups excluding carboxylic acids is 1. The summed E-state index contributed by atoms with van der Waals surface area (Å²) in [4.78, 5) is 15.4. The summed E-state index contributed by atoms with van der Waals surface area (Å²) in [5, 5.41) is 7.43. The van der Waals surface area contributed by atoms with Gasteiger partial charge in [-0.05, 0) is 32.4 Å². The third-order valence-electron chi connectivity index (χ3n) is 2.62. The Balaban J connectivity index is 2.27. The minimum Gasteiger partial charge on any atom is -0.370 e. The summed E-state index contributed by atoms with van der Waals surface area (Å²) in [6.45, 7) is 5.75. The highest BCUT2D eigenvalue weighted by atomic mass is 16.1. The van der Waals surface area contributed by atoms with E-state index in [2.05, 4.69) is 15.4 Å². The van der Waals surface area contributed by atoms with Crippen LogP contribution in [-0.4, -0.2) is 26.0 Å². The number of pyridine rings is 1. The third-order valence-corrected chi connectivity index (χ3v) is 2.62. The molecule has 0 saturated heterocycles. The molecule has 96 valence electrons. The minimum absolute atomic E-state index is 0.224. The first-order valence-electron chi connectivity index (χ1n) is 5.76. The predicted octanol–water partition coefficient (Wildman–Crippen LogP) is 1.10. The molecule has 0 aromatic carbocycles. The van der Waals surface area contributed by atoms with Crippen molar-refractivity contribution in [1.29, 1.82) is 0 Å². The molecular formula is C12H17N5O. The van der Waals surface area contributed by atoms with E-state index in [1.807, 2.05) is 39.1 Å². The molecule has 0 spiro atoms. The highest BCUT2D eigenvalue weighted by molar-refractivity contribution is 5.75. The predicted molar refractivity (Wildman–Crippen MR) is 69.2 cm³/mol. The average Bonchev–Trinajstić information content (AvgIpc) is 2.58. The Morgan fingerprint density at radius 3 is 2.89 bits per heavy atom. The van der Waals surface area contributed by atoms with E-state index in [0.717, 1.165) is 11.2 Å². The molecule has 0 radical (unpaired) electrons. The van der Waals surface area contributed by atoms with E-state index in [0.29, 0.717) is 5.95 Å². The van der Waals surface area contributed by atoms with Crippen LogP contribution in [0.25, 0.3) is 5.65 Å². The van der Waals surface area contributed by atoms with Crippen molar-refractivity contribution in [2.75, 3.05) is 5.32 Å². The highest BCUT2D eigenvalue weighted by Crippen LogP contribution is 2.16. The van der Waals surface area contributed by atoms with Gasteiger partial charge >= 0.3 is 0 Å². The van der Waals surface area contributed by atoms with Crippen LogP contribution in [0.3, 0.4) is 0 Å². The zero-order valence-electron chi connectivity index (χ0n) is 10.8. The fourth-order valence-corrected chi connectivity index (χ4v) is 1.87. The SMILES string of the molecule is Cc1cccn2nc(NC(C)(C)CC(N)=O)nc12. The molecule has 0 aliphatic carbocycles. The van der Waals surface area contributed by atoms with Gasteiger partial charge < -0.3 is 11.1 Å². The van der Waals surface area contributed by atoms with Gasteiger partial charge in [0.1, 0.15) is 0 Å². The van der Waals surface area contributed by atoms with Gasteiger partial charge in [0, 0.05) is 18.2 Å². The molecule has 0 bridgehead atoms. The Bertz CT molecular complexity index is 587. The smallest absolute Gasteiger partial charge is 0.243 e. The fourth-order valence-electron chi connectivity index (χ4n) is 1.87. The molecule has 1 amide bonds. The Morgan fingerprint density at radius 2 is 2.28 bits per heavy atom. The van der Waals surface area contributed by atoms with Crippen LogP contribution in [0.5, 0.6) is 0 Å². The third kappa shape index (κ3) is 2.58. The molecule has 0 saturated carbocycles. The van der Waals surface area contributed by atoms with Gasteiger partial charge in [-0.2, -0.15) is 4.98 Å². The largest absolute Gasteiger partial charge is 0.370 e. The number of nitrogens with two attached hydrogens (primary N) is 1. The zero-order valence-corrected chi connectivity index (χ0v) is 10.8. The molecule has 0 aliphatic rings. The number of hydrogen-bond acceptors (Lipinski definition) is 4. The molecule has 0 fully saturated rings. The standard InChI is InChI=1S/C12H17N5O/c1-8-5-4-6-17-10(8)14-11(16-17)15-12(2,3)7-9(13)18/h4-6H,7H2,1-3H3,(H2,13,18)(H,15,16). The molecule has 6 heteroatoms. The Labute approximate surface area is 105 Å². The van der Waals surface area contributed by atoms with E-state index >= 15 is 0 Å². The number of nitrogens with zero attached hydrogens (tertiary/aromatic N) is 3. The summed E-state index contributed by atoms with van der Waals surface area (Å²) in [5.74, 6) is 0.142. The van der Waals surface area contributed by atoms with Crippen LogP contribution in [0.1, 0.15) is 25.8 Å². The highest BCUT2D eigenvalue weighted by Gasteiger charge is 2.22. The summed E-state index contributed by atoms with van der Waals surface area (Å²) in [7, 11) is 0. The van der Waals surface area contributed by atoms with Crippen LogP contribution in [0, 0.1) is 6.92 Å². The molecule has 3 N–H and O–H groups in total. The van der Waals surface area contributed by atoms with Crippen molar-refractivity contribution in [2.24, 2.45) is 5.73 Å². The summed E-state index contributed by atoms with van der Waals surface area (Å²) in [6, 6.07) is 3.89. The number of aromatic nitrogens is 3. The zero-order chi connectivity index (χ0) is 13.3. The Hall–Kier alpha value is -2.11. The fraction of sp³-hybridized carbons (Fsp3) is 0.417. The number of aryl methyl sites for hydroxylation is 1. The quantitative estimate of drug-likeness (QED) is 0.847. The molecule has 0 unspecified atom stereocenters. The van der Waals surface area contributed by atoms with Crippen molar-refractivity contribution >= 4 is 17.5 Å². The lowest BCUT2D eigenvalue weighted by Gasteiger charge is -2.23. The van der Waals surface area contributed by atoms with Crippen LogP contribution < -0.4 is 11.1 Å². The summed E-state index contributed by atoms with van der Waals surface area (Å²) in [5.41, 5.74) is 6.59. The molecule has 0 atom stereocenters. The van der Waals surface area contributed by atoms with Crippen molar-refractivity contribution < 1.29 is 4.79 Å². The second-order valence-electron chi connectivity index (χ2n) is 5.05. The van der Waals surface area contributed by atoms with Gasteiger partial charge in [0.05, 0.1) is 0 Å². The second kappa shape index (κ2) is 4.29. The number of amides is 1. The van der Waals surface area contributed by atoms with Crippen LogP contribution in [0.4, 0.5) is 5.95 Å². The summed E-state index contributed by atoms with van der Waals surface area (Å²) < 4.78 is 1.71. The van der Waals surface area contributed by atoms with E-state index in [-0.39, 0.29) is 12.3 Å². The van der Waals surface area contributed by atoms with Gasteiger partial charge in [0.25, 0.3) is 0 Å². The summed E-state index contributed by atoms with van der Waals surface area (Å²) in [6.07, 6.45) is 2.06. The lowest BCUT2D eigenvalue weighted by molar-refractivity contribution is -0.118. The molecule has 6 nitrogen and oxygen atoms in total. The van der Waals surface area contributed by atoms with E-state index in [9.17, 15) is 4.79 Å². The van der Waals surface area contributed by atoms with Gasteiger partial charge in [0.15, 0.2) is 5.65 Å². The number of primary amides is 1. The number of anilines is 1. The van der Waals surface area contributed by atoms with Gasteiger partial charge in [-0.3, -0.25) is 4.79 Å². The van der Waals surface area contributed by atoms with E-state index in [1.54, 1.807) is 4.52 Å². The summed E-state index contributed by atoms with van der Waals surface area (Å²) >= 11 is 0. The molecular weight excluding hydrogens is 230 g/mol. The average molecular weight is 247 g/mol. The normalized spacial score (nSPS) is 11.7. The number of hydrogen-bond donors (Lipinski definition) is 2. The van der Waals surface area contributed by atoms with Gasteiger partial charge in [-0.1, -0.05) is 6.07 Å². The number of fused-ring (bicyclic) bond motifs is 1. The first-order valence-corrected chi connectivity index (χ1v) is 5.76. The lowest BCUT2D eigenvalue weighted by atomic mass is 10.0. The van der Waals surface area contributed by atoms with Gasteiger partial charge in [-0.15, -0.1) is 5.10 Å². The second-order valence-corrected chi connectivity index (χ2v) is 5.05. The van der Waals surface area contributed by atoms with Crippen molar-refractivity contribution in [2.45, 2.75) is 32.7 Å². The monoisotopic (exact) mass is 247 g/mol. The first kappa shape index (κ1) is 12.3. The molecule has 2 aromatic heterocycles. The maximum Gasteiger partial charge on any atom is 0.243 e. The topological polar surface area (TPSA) is 85.3 Å². The van der Waals surface area contributed by atoms with Crippen molar-refractivity contribution in [3.63, 3.8) is 0 Å². The Kier molecular flexibility index (Phi) is 2.94. The number of rotatable bonds is 4. The van der Waals surface area contributed by atoms with E-state index < -0.39 is 5.54 Å². The minimum atomic E-state index is -0.468. The van der Waals surface area contributed by atoms with Crippen LogP contribution in [0.2, 0.25) is 0 Å². The maximum absolute atomic E-state index is 11.0. The van der Waals surface area contributed by atoms with Crippen molar-refractivity contribution in [1.82, 2.24) is 14.6 Å². The first-order chi connectivity index (χ1) is 8.37. The molecule has 2 aromatic rings. The lowest BCUT2D eigenvalue weighted by Crippen LogP contribution is -2.36. The van der Waals surface area contributed by atoms with Crippen LogP contribution >= 0.6 is 0 Å². The van der Waals surface area contributed by atoms with E-state index in [4.69, 9.17) is 5.73 Å². The maximum atomic E-state index is 11.0. The molecule has 0 aliphatic heterocycles. The van der Waals surface area contributed by atoms with Crippen LogP contribution in [0.15, 0.2) is 18.3 Å². The number of carbonyl (C=O) groups is 1. The van der Waals surface area contributed by atoms with Crippen molar-refractivity contribution in [3.05, 3.63) is 23.9 Å². The Morgan fingerprint density at radius 1 is 1.56 bits per heavy atom. The van der Waals surface area contributed by atoms with Crippen LogP contribution in [-0.2, 0) is 4.79 Å². The molecule has 2 heterocycles. The van der Waals surface area contributed by atoms with Crippen molar-refractivity contribution in [3.8, 4) is 0 Å². The van der Waals surface area contributed by atoms with Gasteiger partial charge in [-0.25, -0.2) is 4.52 Å². The molecule has 2 rings (SSSR count). The molecule has 18 heavy (non-hydrogen) atoms. The number of nitrogens with one attached hydrogen (secondary N) is 1. The van der Waals surface area contributed by atoms with Gasteiger partial charge in [0.2, 0.25) is 11.9 Å².